The van der Waals surface area contributed by atoms with Crippen LogP contribution in [0.2, 0.25) is 0 Å². The molecule has 3 unspecified atom stereocenters. The van der Waals surface area contributed by atoms with E-state index in [-0.39, 0.29) is 0 Å². The normalized spacial score (nSPS) is 40.6. The second kappa shape index (κ2) is 4.67. The molecule has 1 nitrogen and oxygen atoms in total. The maximum atomic E-state index is 3.88. The van der Waals surface area contributed by atoms with Crippen LogP contribution in [-0.4, -0.2) is 23.1 Å². The molecule has 1 aliphatic heterocycles. The highest BCUT2D eigenvalue weighted by atomic mass is 32.2. The lowest BCUT2D eigenvalue weighted by atomic mass is 9.75. The van der Waals surface area contributed by atoms with E-state index in [2.05, 4.69) is 37.8 Å². The molecule has 1 N–H and O–H groups in total. The number of nitrogens with one attached hydrogen (secondary N) is 1. The molecule has 3 atom stereocenters. The lowest BCUT2D eigenvalue weighted by molar-refractivity contribution is 0.191. The van der Waals surface area contributed by atoms with E-state index in [1.165, 1.54) is 37.9 Å². The molecule has 0 bridgehead atoms. The van der Waals surface area contributed by atoms with Gasteiger partial charge in [0.15, 0.2) is 0 Å². The Labute approximate surface area is 98.8 Å². The summed E-state index contributed by atoms with van der Waals surface area (Å²) in [5.74, 6) is 1.33. The molecule has 2 rings (SSSR count). The van der Waals surface area contributed by atoms with Crippen LogP contribution in [0.25, 0.3) is 0 Å². The molecule has 1 saturated heterocycles. The minimum Gasteiger partial charge on any atom is -0.310 e. The molecule has 2 fully saturated rings. The molecule has 88 valence electrons. The second-order valence-electron chi connectivity index (χ2n) is 6.20. The van der Waals surface area contributed by atoms with E-state index in [0.29, 0.717) is 5.41 Å². The Balaban J connectivity index is 1.79. The van der Waals surface area contributed by atoms with E-state index in [4.69, 9.17) is 0 Å². The Morgan fingerprint density at radius 2 is 2.07 bits per heavy atom. The molecule has 15 heavy (non-hydrogen) atoms. The number of thioether (sulfide) groups is 1. The first-order chi connectivity index (χ1) is 7.05. The molecule has 1 aliphatic carbocycles. The van der Waals surface area contributed by atoms with Crippen LogP contribution >= 0.6 is 11.8 Å². The Kier molecular flexibility index (Phi) is 3.67. The van der Waals surface area contributed by atoms with Crippen molar-refractivity contribution in [1.82, 2.24) is 5.32 Å². The maximum Gasteiger partial charge on any atom is 0.0171 e. The van der Waals surface area contributed by atoms with E-state index < -0.39 is 0 Å². The first-order valence-corrected chi connectivity index (χ1v) is 7.48. The van der Waals surface area contributed by atoms with Crippen molar-refractivity contribution in [1.29, 1.82) is 0 Å². The third-order valence-corrected chi connectivity index (χ3v) is 5.23. The molecule has 0 aromatic rings. The van der Waals surface area contributed by atoms with Crippen molar-refractivity contribution in [3.63, 3.8) is 0 Å². The van der Waals surface area contributed by atoms with Gasteiger partial charge in [-0.3, -0.25) is 0 Å². The molecular weight excluding hydrogens is 202 g/mol. The first kappa shape index (κ1) is 11.8. The van der Waals surface area contributed by atoms with E-state index in [1.54, 1.807) is 0 Å². The van der Waals surface area contributed by atoms with Crippen LogP contribution < -0.4 is 5.32 Å². The van der Waals surface area contributed by atoms with E-state index in [0.717, 1.165) is 17.3 Å². The van der Waals surface area contributed by atoms with Crippen molar-refractivity contribution in [2.45, 2.75) is 70.2 Å². The Bertz CT molecular complexity index is 215. The standard InChI is InChI=1S/C13H25NS/c1-10-7-12(9-15-10)14-11-5-4-6-13(2,3)8-11/h10-12,14H,4-9H2,1-3H3. The largest absolute Gasteiger partial charge is 0.310 e. The van der Waals surface area contributed by atoms with Gasteiger partial charge in [0, 0.05) is 23.1 Å². The summed E-state index contributed by atoms with van der Waals surface area (Å²) < 4.78 is 0. The quantitative estimate of drug-likeness (QED) is 0.775. The van der Waals surface area contributed by atoms with Crippen molar-refractivity contribution in [3.8, 4) is 0 Å². The zero-order valence-corrected chi connectivity index (χ0v) is 11.2. The molecule has 0 aromatic heterocycles. The predicted molar refractivity (Wildman–Crippen MR) is 69.5 cm³/mol. The molecule has 0 spiro atoms. The zero-order valence-electron chi connectivity index (χ0n) is 10.4. The summed E-state index contributed by atoms with van der Waals surface area (Å²) in [4.78, 5) is 0. The fourth-order valence-corrected chi connectivity index (χ4v) is 4.27. The van der Waals surface area contributed by atoms with Gasteiger partial charge in [0.2, 0.25) is 0 Å². The van der Waals surface area contributed by atoms with Gasteiger partial charge >= 0.3 is 0 Å². The molecule has 2 aliphatic rings. The Morgan fingerprint density at radius 3 is 2.67 bits per heavy atom. The Morgan fingerprint density at radius 1 is 1.27 bits per heavy atom. The smallest absolute Gasteiger partial charge is 0.0171 e. The molecule has 1 heterocycles. The minimum absolute atomic E-state index is 0.577. The highest BCUT2D eigenvalue weighted by molar-refractivity contribution is 8.00. The van der Waals surface area contributed by atoms with E-state index >= 15 is 0 Å². The van der Waals surface area contributed by atoms with Crippen LogP contribution in [0.3, 0.4) is 0 Å². The summed E-state index contributed by atoms with van der Waals surface area (Å²) in [5.41, 5.74) is 0.577. The summed E-state index contributed by atoms with van der Waals surface area (Å²) in [6, 6.07) is 1.59. The third kappa shape index (κ3) is 3.39. The van der Waals surface area contributed by atoms with Gasteiger partial charge in [-0.2, -0.15) is 11.8 Å². The van der Waals surface area contributed by atoms with Crippen molar-refractivity contribution >= 4 is 11.8 Å². The third-order valence-electron chi connectivity index (χ3n) is 3.87. The first-order valence-electron chi connectivity index (χ1n) is 6.43. The van der Waals surface area contributed by atoms with Crippen LogP contribution in [0.15, 0.2) is 0 Å². The van der Waals surface area contributed by atoms with Gasteiger partial charge in [-0.25, -0.2) is 0 Å². The topological polar surface area (TPSA) is 12.0 Å². The van der Waals surface area contributed by atoms with Crippen LogP contribution in [0.4, 0.5) is 0 Å². The van der Waals surface area contributed by atoms with Gasteiger partial charge < -0.3 is 5.32 Å². The van der Waals surface area contributed by atoms with E-state index in [9.17, 15) is 0 Å². The fraction of sp³-hybridized carbons (Fsp3) is 1.00. The average molecular weight is 227 g/mol. The highest BCUT2D eigenvalue weighted by Crippen LogP contribution is 2.36. The molecule has 0 amide bonds. The van der Waals surface area contributed by atoms with Crippen molar-refractivity contribution in [3.05, 3.63) is 0 Å². The van der Waals surface area contributed by atoms with Gasteiger partial charge in [0.05, 0.1) is 0 Å². The summed E-state index contributed by atoms with van der Waals surface area (Å²) in [6.07, 6.45) is 6.99. The summed E-state index contributed by atoms with van der Waals surface area (Å²) in [6.45, 7) is 7.21. The summed E-state index contributed by atoms with van der Waals surface area (Å²) >= 11 is 2.13. The van der Waals surface area contributed by atoms with Gasteiger partial charge in [0.25, 0.3) is 0 Å². The molecule has 0 radical (unpaired) electrons. The predicted octanol–water partition coefficient (Wildman–Crippen LogP) is 3.44. The van der Waals surface area contributed by atoms with E-state index in [1.807, 2.05) is 0 Å². The van der Waals surface area contributed by atoms with Crippen molar-refractivity contribution in [2.24, 2.45) is 5.41 Å². The van der Waals surface area contributed by atoms with Gasteiger partial charge in [0.1, 0.15) is 0 Å². The number of hydrogen-bond donors (Lipinski definition) is 1. The van der Waals surface area contributed by atoms with Gasteiger partial charge in [-0.1, -0.05) is 27.2 Å². The Hall–Kier alpha value is 0.310. The summed E-state index contributed by atoms with van der Waals surface area (Å²) in [7, 11) is 0. The molecule has 1 saturated carbocycles. The zero-order chi connectivity index (χ0) is 10.9. The van der Waals surface area contributed by atoms with Crippen LogP contribution in [0, 0.1) is 5.41 Å². The van der Waals surface area contributed by atoms with Crippen molar-refractivity contribution < 1.29 is 0 Å². The van der Waals surface area contributed by atoms with Gasteiger partial charge in [-0.15, -0.1) is 0 Å². The second-order valence-corrected chi connectivity index (χ2v) is 7.67. The SMILES string of the molecule is CC1CC(NC2CCCC(C)(C)C2)CS1. The monoisotopic (exact) mass is 227 g/mol. The van der Waals surface area contributed by atoms with Crippen molar-refractivity contribution in [2.75, 3.05) is 5.75 Å². The average Bonchev–Trinajstić information content (AvgIpc) is 2.49. The lowest BCUT2D eigenvalue weighted by Gasteiger charge is -2.37. The summed E-state index contributed by atoms with van der Waals surface area (Å²) in [5, 5.41) is 4.76. The maximum absolute atomic E-state index is 3.88. The molecule has 2 heteroatoms. The lowest BCUT2D eigenvalue weighted by Crippen LogP contribution is -2.43. The highest BCUT2D eigenvalue weighted by Gasteiger charge is 2.30. The number of rotatable bonds is 2. The van der Waals surface area contributed by atoms with Crippen LogP contribution in [0.5, 0.6) is 0 Å². The fourth-order valence-electron chi connectivity index (χ4n) is 3.11. The number of hydrogen-bond acceptors (Lipinski definition) is 2. The minimum atomic E-state index is 0.577. The van der Waals surface area contributed by atoms with Crippen LogP contribution in [0.1, 0.15) is 52.9 Å². The molecule has 0 aromatic carbocycles. The van der Waals surface area contributed by atoms with Gasteiger partial charge in [-0.05, 0) is 31.1 Å². The molecular formula is C13H25NS. The van der Waals surface area contributed by atoms with Crippen LogP contribution in [-0.2, 0) is 0 Å².